The highest BCUT2D eigenvalue weighted by Crippen LogP contribution is 2.32. The second-order valence-corrected chi connectivity index (χ2v) is 5.67. The van der Waals surface area contributed by atoms with E-state index in [-0.39, 0.29) is 0 Å². The Morgan fingerprint density at radius 1 is 1.18 bits per heavy atom. The first kappa shape index (κ1) is 16.8. The molecule has 4 heteroatoms. The van der Waals surface area contributed by atoms with Gasteiger partial charge in [0.25, 0.3) is 0 Å². The summed E-state index contributed by atoms with van der Waals surface area (Å²) in [6, 6.07) is 6.61. The van der Waals surface area contributed by atoms with E-state index in [4.69, 9.17) is 9.47 Å². The van der Waals surface area contributed by atoms with Gasteiger partial charge < -0.3 is 14.8 Å². The number of methoxy groups -OCH3 is 2. The van der Waals surface area contributed by atoms with Crippen molar-refractivity contribution in [3.05, 3.63) is 36.4 Å². The van der Waals surface area contributed by atoms with Crippen LogP contribution in [0.5, 0.6) is 11.5 Å². The van der Waals surface area contributed by atoms with Crippen LogP contribution in [0.1, 0.15) is 30.9 Å². The van der Waals surface area contributed by atoms with E-state index >= 15 is 0 Å². The molecule has 1 atom stereocenters. The SMILES string of the molecule is C=CCNCC(c1ccc(OC)c(OC)c1)N1CCCCC1. The fourth-order valence-corrected chi connectivity index (χ4v) is 3.07. The molecular formula is C18H28N2O2. The average molecular weight is 304 g/mol. The largest absolute Gasteiger partial charge is 0.493 e. The molecule has 1 fully saturated rings. The van der Waals surface area contributed by atoms with E-state index in [9.17, 15) is 0 Å². The van der Waals surface area contributed by atoms with Crippen molar-refractivity contribution in [3.8, 4) is 11.5 Å². The average Bonchev–Trinajstić information content (AvgIpc) is 2.59. The Balaban J connectivity index is 2.20. The Bertz CT molecular complexity index is 470. The minimum atomic E-state index is 0.361. The molecule has 0 saturated carbocycles. The molecule has 2 rings (SSSR count). The summed E-state index contributed by atoms with van der Waals surface area (Å²) in [6.45, 7) is 7.85. The van der Waals surface area contributed by atoms with Crippen molar-refractivity contribution in [1.29, 1.82) is 0 Å². The number of piperidine rings is 1. The summed E-state index contributed by atoms with van der Waals surface area (Å²) in [7, 11) is 3.36. The number of hydrogen-bond donors (Lipinski definition) is 1. The molecule has 0 amide bonds. The van der Waals surface area contributed by atoms with Gasteiger partial charge in [-0.05, 0) is 43.6 Å². The maximum atomic E-state index is 5.46. The molecule has 1 aromatic rings. The summed E-state index contributed by atoms with van der Waals surface area (Å²) in [5.41, 5.74) is 1.27. The van der Waals surface area contributed by atoms with Crippen LogP contribution in [0.15, 0.2) is 30.9 Å². The first-order chi connectivity index (χ1) is 10.8. The Hall–Kier alpha value is -1.52. The molecule has 1 aliphatic rings. The fraction of sp³-hybridized carbons (Fsp3) is 0.556. The van der Waals surface area contributed by atoms with Crippen LogP contribution in [0.25, 0.3) is 0 Å². The zero-order chi connectivity index (χ0) is 15.8. The van der Waals surface area contributed by atoms with Crippen molar-refractivity contribution in [2.75, 3.05) is 40.4 Å². The van der Waals surface area contributed by atoms with Crippen molar-refractivity contribution in [3.63, 3.8) is 0 Å². The highest BCUT2D eigenvalue weighted by molar-refractivity contribution is 5.44. The van der Waals surface area contributed by atoms with Crippen molar-refractivity contribution in [2.45, 2.75) is 25.3 Å². The van der Waals surface area contributed by atoms with E-state index in [0.717, 1.165) is 37.7 Å². The number of ether oxygens (including phenoxy) is 2. The predicted molar refractivity (Wildman–Crippen MR) is 90.8 cm³/mol. The molecule has 0 radical (unpaired) electrons. The molecule has 1 heterocycles. The zero-order valence-corrected chi connectivity index (χ0v) is 13.8. The quantitative estimate of drug-likeness (QED) is 0.591. The number of nitrogens with zero attached hydrogens (tertiary/aromatic N) is 1. The Morgan fingerprint density at radius 2 is 1.91 bits per heavy atom. The lowest BCUT2D eigenvalue weighted by atomic mass is 10.0. The van der Waals surface area contributed by atoms with Crippen LogP contribution < -0.4 is 14.8 Å². The van der Waals surface area contributed by atoms with E-state index in [1.165, 1.54) is 24.8 Å². The predicted octanol–water partition coefficient (Wildman–Crippen LogP) is 3.01. The van der Waals surface area contributed by atoms with Crippen LogP contribution in [-0.2, 0) is 0 Å². The summed E-state index contributed by atoms with van der Waals surface area (Å²) >= 11 is 0. The van der Waals surface area contributed by atoms with Gasteiger partial charge in [-0.25, -0.2) is 0 Å². The molecule has 122 valence electrons. The standard InChI is InChI=1S/C18H28N2O2/c1-4-10-19-14-16(20-11-6-5-7-12-20)15-8-9-17(21-2)18(13-15)22-3/h4,8-9,13,16,19H,1,5-7,10-12,14H2,2-3H3. The van der Waals surface area contributed by atoms with E-state index < -0.39 is 0 Å². The van der Waals surface area contributed by atoms with E-state index in [1.54, 1.807) is 14.2 Å². The molecule has 0 aromatic heterocycles. The van der Waals surface area contributed by atoms with Gasteiger partial charge in [0.2, 0.25) is 0 Å². The van der Waals surface area contributed by atoms with Crippen molar-refractivity contribution in [1.82, 2.24) is 10.2 Å². The number of benzene rings is 1. The molecule has 4 nitrogen and oxygen atoms in total. The van der Waals surface area contributed by atoms with Crippen molar-refractivity contribution < 1.29 is 9.47 Å². The second-order valence-electron chi connectivity index (χ2n) is 5.67. The van der Waals surface area contributed by atoms with Crippen LogP contribution in [0.4, 0.5) is 0 Å². The smallest absolute Gasteiger partial charge is 0.161 e. The maximum absolute atomic E-state index is 5.46. The summed E-state index contributed by atoms with van der Waals surface area (Å²) in [4.78, 5) is 2.57. The molecular weight excluding hydrogens is 276 g/mol. The Labute approximate surface area is 134 Å². The third-order valence-corrected chi connectivity index (χ3v) is 4.25. The molecule has 0 spiro atoms. The van der Waals surface area contributed by atoms with Gasteiger partial charge in [-0.2, -0.15) is 0 Å². The monoisotopic (exact) mass is 304 g/mol. The maximum Gasteiger partial charge on any atom is 0.161 e. The number of hydrogen-bond acceptors (Lipinski definition) is 4. The molecule has 22 heavy (non-hydrogen) atoms. The molecule has 0 bridgehead atoms. The van der Waals surface area contributed by atoms with E-state index in [0.29, 0.717) is 6.04 Å². The molecule has 1 aliphatic heterocycles. The van der Waals surface area contributed by atoms with Crippen LogP contribution in [0, 0.1) is 0 Å². The summed E-state index contributed by atoms with van der Waals surface area (Å²) < 4.78 is 10.8. The molecule has 0 aliphatic carbocycles. The number of nitrogens with one attached hydrogen (secondary N) is 1. The van der Waals surface area contributed by atoms with Gasteiger partial charge in [0.15, 0.2) is 11.5 Å². The molecule has 1 unspecified atom stereocenters. The summed E-state index contributed by atoms with van der Waals surface area (Å²) in [5, 5.41) is 3.47. The molecule has 1 aromatic carbocycles. The Kier molecular flexibility index (Phi) is 6.74. The van der Waals surface area contributed by atoms with Crippen molar-refractivity contribution >= 4 is 0 Å². The zero-order valence-electron chi connectivity index (χ0n) is 13.8. The fourth-order valence-electron chi connectivity index (χ4n) is 3.07. The molecule has 1 saturated heterocycles. The minimum absolute atomic E-state index is 0.361. The highest BCUT2D eigenvalue weighted by atomic mass is 16.5. The van der Waals surface area contributed by atoms with E-state index in [2.05, 4.69) is 28.9 Å². The Morgan fingerprint density at radius 3 is 2.55 bits per heavy atom. The topological polar surface area (TPSA) is 33.7 Å². The lowest BCUT2D eigenvalue weighted by molar-refractivity contribution is 0.161. The van der Waals surface area contributed by atoms with Gasteiger partial charge in [-0.15, -0.1) is 6.58 Å². The van der Waals surface area contributed by atoms with Gasteiger partial charge in [-0.1, -0.05) is 18.6 Å². The van der Waals surface area contributed by atoms with Gasteiger partial charge in [0.1, 0.15) is 0 Å². The van der Waals surface area contributed by atoms with Gasteiger partial charge >= 0.3 is 0 Å². The van der Waals surface area contributed by atoms with Crippen LogP contribution in [-0.4, -0.2) is 45.3 Å². The number of rotatable bonds is 8. The normalized spacial score (nSPS) is 17.0. The lowest BCUT2D eigenvalue weighted by Crippen LogP contribution is -2.39. The van der Waals surface area contributed by atoms with E-state index in [1.807, 2.05) is 12.1 Å². The first-order valence-corrected chi connectivity index (χ1v) is 8.07. The first-order valence-electron chi connectivity index (χ1n) is 8.07. The second kappa shape index (κ2) is 8.81. The minimum Gasteiger partial charge on any atom is -0.493 e. The van der Waals surface area contributed by atoms with Crippen molar-refractivity contribution in [2.24, 2.45) is 0 Å². The van der Waals surface area contributed by atoms with Gasteiger partial charge in [0, 0.05) is 19.1 Å². The highest BCUT2D eigenvalue weighted by Gasteiger charge is 2.23. The van der Waals surface area contributed by atoms with Gasteiger partial charge in [0.05, 0.1) is 14.2 Å². The van der Waals surface area contributed by atoms with Crippen LogP contribution in [0.3, 0.4) is 0 Å². The summed E-state index contributed by atoms with van der Waals surface area (Å²) in [6.07, 6.45) is 5.81. The van der Waals surface area contributed by atoms with Gasteiger partial charge in [-0.3, -0.25) is 4.90 Å². The summed E-state index contributed by atoms with van der Waals surface area (Å²) in [5.74, 6) is 1.58. The number of likely N-dealkylation sites (tertiary alicyclic amines) is 1. The van der Waals surface area contributed by atoms with Crippen LogP contribution in [0.2, 0.25) is 0 Å². The third-order valence-electron chi connectivity index (χ3n) is 4.25. The third kappa shape index (κ3) is 4.24. The molecule has 1 N–H and O–H groups in total. The van der Waals surface area contributed by atoms with Crippen LogP contribution >= 0.6 is 0 Å². The lowest BCUT2D eigenvalue weighted by Gasteiger charge is -2.35.